The fraction of sp³-hybridized carbons (Fsp3) is 0.333. The van der Waals surface area contributed by atoms with Crippen LogP contribution in [-0.2, 0) is 13.1 Å². The van der Waals surface area contributed by atoms with Gasteiger partial charge in [0.2, 0.25) is 5.75 Å². The smallest absolute Gasteiger partial charge is 0.200 e. The van der Waals surface area contributed by atoms with Gasteiger partial charge in [-0.05, 0) is 46.5 Å². The first-order valence-electron chi connectivity index (χ1n) is 6.32. The van der Waals surface area contributed by atoms with Gasteiger partial charge in [0.05, 0.1) is 14.2 Å². The van der Waals surface area contributed by atoms with Gasteiger partial charge in [-0.2, -0.15) is 11.3 Å². The van der Waals surface area contributed by atoms with Gasteiger partial charge in [0.25, 0.3) is 0 Å². The molecule has 0 fully saturated rings. The fourth-order valence-electron chi connectivity index (χ4n) is 1.96. The van der Waals surface area contributed by atoms with Crippen molar-refractivity contribution in [2.75, 3.05) is 14.2 Å². The van der Waals surface area contributed by atoms with Crippen LogP contribution in [0.15, 0.2) is 22.9 Å². The maximum Gasteiger partial charge on any atom is 0.200 e. The zero-order valence-corrected chi connectivity index (χ0v) is 12.7. The lowest BCUT2D eigenvalue weighted by Gasteiger charge is -2.12. The van der Waals surface area contributed by atoms with E-state index >= 15 is 0 Å². The number of aromatic hydroxyl groups is 1. The third-order valence-electron chi connectivity index (χ3n) is 3.15. The second-order valence-electron chi connectivity index (χ2n) is 4.53. The molecule has 0 saturated carbocycles. The number of phenolic OH excluding ortho intramolecular Hbond substituents is 1. The summed E-state index contributed by atoms with van der Waals surface area (Å²) in [7, 11) is 3.06. The zero-order chi connectivity index (χ0) is 14.5. The van der Waals surface area contributed by atoms with Crippen LogP contribution in [0.25, 0.3) is 0 Å². The Kier molecular flexibility index (Phi) is 4.87. The average Bonchev–Trinajstić information content (AvgIpc) is 2.86. The Bertz CT molecular complexity index is 555. The van der Waals surface area contributed by atoms with Gasteiger partial charge in [0, 0.05) is 13.1 Å². The predicted octanol–water partition coefficient (Wildman–Crippen LogP) is 3.07. The maximum atomic E-state index is 9.86. The number of thiophene rings is 1. The number of methoxy groups -OCH3 is 2. The first kappa shape index (κ1) is 14.7. The normalized spacial score (nSPS) is 10.6. The fourth-order valence-corrected chi connectivity index (χ4v) is 2.82. The van der Waals surface area contributed by atoms with Crippen LogP contribution in [0, 0.1) is 6.92 Å². The molecule has 2 N–H and O–H groups in total. The Hall–Kier alpha value is -1.72. The number of aryl methyl sites for hydroxylation is 1. The average molecular weight is 293 g/mol. The first-order chi connectivity index (χ1) is 9.65. The standard InChI is InChI=1S/C15H19NO3S/c1-10-8-20-9-12(10)7-16-6-11-4-13(18-2)15(17)14(5-11)19-3/h4-5,8-9,16-17H,6-7H2,1-3H3. The van der Waals surface area contributed by atoms with Crippen LogP contribution in [-0.4, -0.2) is 19.3 Å². The van der Waals surface area contributed by atoms with Gasteiger partial charge in [-0.3, -0.25) is 0 Å². The van der Waals surface area contributed by atoms with Crippen molar-refractivity contribution >= 4 is 11.3 Å². The summed E-state index contributed by atoms with van der Waals surface area (Å²) in [6, 6.07) is 3.62. The topological polar surface area (TPSA) is 50.7 Å². The molecule has 1 heterocycles. The minimum Gasteiger partial charge on any atom is -0.502 e. The van der Waals surface area contributed by atoms with E-state index in [1.54, 1.807) is 11.3 Å². The lowest BCUT2D eigenvalue weighted by Crippen LogP contribution is -2.13. The molecule has 108 valence electrons. The molecule has 2 aromatic rings. The van der Waals surface area contributed by atoms with Crippen molar-refractivity contribution in [3.63, 3.8) is 0 Å². The number of phenols is 1. The molecular formula is C15H19NO3S. The molecule has 0 unspecified atom stereocenters. The van der Waals surface area contributed by atoms with E-state index < -0.39 is 0 Å². The van der Waals surface area contributed by atoms with Crippen LogP contribution < -0.4 is 14.8 Å². The van der Waals surface area contributed by atoms with E-state index in [1.165, 1.54) is 25.3 Å². The van der Waals surface area contributed by atoms with E-state index in [0.29, 0.717) is 18.0 Å². The molecule has 0 radical (unpaired) electrons. The minimum absolute atomic E-state index is 0.0347. The Morgan fingerprint density at radius 2 is 1.75 bits per heavy atom. The summed E-state index contributed by atoms with van der Waals surface area (Å²) in [6.45, 7) is 3.61. The van der Waals surface area contributed by atoms with E-state index in [2.05, 4.69) is 23.0 Å². The maximum absolute atomic E-state index is 9.86. The van der Waals surface area contributed by atoms with E-state index in [0.717, 1.165) is 12.1 Å². The van der Waals surface area contributed by atoms with Crippen molar-refractivity contribution in [3.05, 3.63) is 39.6 Å². The Morgan fingerprint density at radius 3 is 2.25 bits per heavy atom. The second kappa shape index (κ2) is 6.63. The van der Waals surface area contributed by atoms with Crippen molar-refractivity contribution in [3.8, 4) is 17.2 Å². The molecule has 0 aliphatic carbocycles. The van der Waals surface area contributed by atoms with Gasteiger partial charge in [-0.25, -0.2) is 0 Å². The molecule has 0 aliphatic heterocycles. The number of benzene rings is 1. The molecule has 0 amide bonds. The number of ether oxygens (including phenoxy) is 2. The van der Waals surface area contributed by atoms with Gasteiger partial charge < -0.3 is 19.9 Å². The number of hydrogen-bond acceptors (Lipinski definition) is 5. The molecule has 0 atom stereocenters. The molecule has 2 rings (SSSR count). The summed E-state index contributed by atoms with van der Waals surface area (Å²) in [4.78, 5) is 0. The van der Waals surface area contributed by atoms with Crippen molar-refractivity contribution in [1.29, 1.82) is 0 Å². The second-order valence-corrected chi connectivity index (χ2v) is 5.28. The van der Waals surface area contributed by atoms with Crippen LogP contribution in [0.2, 0.25) is 0 Å². The summed E-state index contributed by atoms with van der Waals surface area (Å²) in [5.74, 6) is 0.883. The summed E-state index contributed by atoms with van der Waals surface area (Å²) in [5, 5.41) is 17.5. The van der Waals surface area contributed by atoms with Crippen molar-refractivity contribution in [2.24, 2.45) is 0 Å². The van der Waals surface area contributed by atoms with Gasteiger partial charge in [-0.1, -0.05) is 0 Å². The SMILES string of the molecule is COc1cc(CNCc2cscc2C)cc(OC)c1O. The monoisotopic (exact) mass is 293 g/mol. The molecule has 0 bridgehead atoms. The van der Waals surface area contributed by atoms with Gasteiger partial charge in [0.1, 0.15) is 0 Å². The summed E-state index contributed by atoms with van der Waals surface area (Å²) in [5.41, 5.74) is 3.63. The first-order valence-corrected chi connectivity index (χ1v) is 7.26. The molecule has 5 heteroatoms. The Morgan fingerprint density at radius 1 is 1.10 bits per heavy atom. The highest BCUT2D eigenvalue weighted by Crippen LogP contribution is 2.37. The summed E-state index contributed by atoms with van der Waals surface area (Å²) >= 11 is 1.71. The highest BCUT2D eigenvalue weighted by Gasteiger charge is 2.11. The third-order valence-corrected chi connectivity index (χ3v) is 4.06. The van der Waals surface area contributed by atoms with Gasteiger partial charge >= 0.3 is 0 Å². The molecule has 0 aliphatic rings. The predicted molar refractivity (Wildman–Crippen MR) is 80.8 cm³/mol. The molecule has 20 heavy (non-hydrogen) atoms. The van der Waals surface area contributed by atoms with Crippen molar-refractivity contribution in [2.45, 2.75) is 20.0 Å². The molecule has 1 aromatic heterocycles. The third kappa shape index (κ3) is 3.23. The van der Waals surface area contributed by atoms with E-state index in [9.17, 15) is 5.11 Å². The molecule has 0 spiro atoms. The number of nitrogens with one attached hydrogen (secondary N) is 1. The Labute approximate surface area is 123 Å². The van der Waals surface area contributed by atoms with Gasteiger partial charge in [0.15, 0.2) is 11.5 Å². The number of rotatable bonds is 6. The van der Waals surface area contributed by atoms with E-state index in [4.69, 9.17) is 9.47 Å². The minimum atomic E-state index is 0.0347. The van der Waals surface area contributed by atoms with Crippen LogP contribution in [0.3, 0.4) is 0 Å². The molecule has 0 saturated heterocycles. The highest BCUT2D eigenvalue weighted by molar-refractivity contribution is 7.08. The van der Waals surface area contributed by atoms with Crippen molar-refractivity contribution in [1.82, 2.24) is 5.32 Å². The molecular weight excluding hydrogens is 274 g/mol. The molecule has 4 nitrogen and oxygen atoms in total. The largest absolute Gasteiger partial charge is 0.502 e. The zero-order valence-electron chi connectivity index (χ0n) is 11.9. The molecule has 1 aromatic carbocycles. The quantitative estimate of drug-likeness (QED) is 0.859. The summed E-state index contributed by atoms with van der Waals surface area (Å²) < 4.78 is 10.3. The summed E-state index contributed by atoms with van der Waals surface area (Å²) in [6.07, 6.45) is 0. The highest BCUT2D eigenvalue weighted by atomic mass is 32.1. The number of hydrogen-bond donors (Lipinski definition) is 2. The van der Waals surface area contributed by atoms with E-state index in [-0.39, 0.29) is 5.75 Å². The van der Waals surface area contributed by atoms with E-state index in [1.807, 2.05) is 12.1 Å². The van der Waals surface area contributed by atoms with Crippen LogP contribution in [0.5, 0.6) is 17.2 Å². The van der Waals surface area contributed by atoms with Crippen LogP contribution >= 0.6 is 11.3 Å². The van der Waals surface area contributed by atoms with Crippen LogP contribution in [0.1, 0.15) is 16.7 Å². The van der Waals surface area contributed by atoms with Crippen LogP contribution in [0.4, 0.5) is 0 Å². The lowest BCUT2D eigenvalue weighted by atomic mass is 10.1. The Balaban J connectivity index is 2.04. The lowest BCUT2D eigenvalue weighted by molar-refractivity contribution is 0.339. The van der Waals surface area contributed by atoms with Crippen molar-refractivity contribution < 1.29 is 14.6 Å². The van der Waals surface area contributed by atoms with Gasteiger partial charge in [-0.15, -0.1) is 0 Å².